The van der Waals surface area contributed by atoms with Gasteiger partial charge in [-0.25, -0.2) is 9.13 Å². The molecule has 0 aliphatic heterocycles. The summed E-state index contributed by atoms with van der Waals surface area (Å²) in [5.41, 5.74) is 1.12. The predicted octanol–water partition coefficient (Wildman–Crippen LogP) is 2.51. The van der Waals surface area contributed by atoms with Gasteiger partial charge in [0.2, 0.25) is 6.33 Å². The van der Waals surface area contributed by atoms with E-state index in [1.807, 2.05) is 41.5 Å². The van der Waals surface area contributed by atoms with Crippen molar-refractivity contribution in [2.75, 3.05) is 5.32 Å². The van der Waals surface area contributed by atoms with E-state index in [2.05, 4.69) is 35.5 Å². The molecule has 2 rings (SSSR count). The van der Waals surface area contributed by atoms with Gasteiger partial charge in [-0.3, -0.25) is 0 Å². The lowest BCUT2D eigenvalue weighted by molar-refractivity contribution is -0.712. The molecule has 3 nitrogen and oxygen atoms in total. The largest absolute Gasteiger partial charge is 0.347 e. The number of nitrogens with one attached hydrogen (secondary N) is 1. The van der Waals surface area contributed by atoms with Gasteiger partial charge in [-0.15, -0.1) is 0 Å². The number of rotatable bonds is 4. The number of hydrogen-bond donors (Lipinski definition) is 1. The van der Waals surface area contributed by atoms with Crippen LogP contribution >= 0.6 is 0 Å². The van der Waals surface area contributed by atoms with E-state index in [0.29, 0.717) is 0 Å². The van der Waals surface area contributed by atoms with Crippen LogP contribution in [0.25, 0.3) is 6.20 Å². The molecule has 0 spiro atoms. The van der Waals surface area contributed by atoms with Gasteiger partial charge < -0.3 is 5.32 Å². The normalized spacial score (nSPS) is 12.1. The van der Waals surface area contributed by atoms with E-state index in [1.54, 1.807) is 6.20 Å². The molecule has 0 fully saturated rings. The van der Waals surface area contributed by atoms with Gasteiger partial charge in [0.15, 0.2) is 6.17 Å². The average Bonchev–Trinajstić information content (AvgIpc) is 2.79. The standard InChI is InChI=1S/C13H16N3/c1-3-15-9-10-16(11-15)12(2)14-13-7-5-4-6-8-13/h3-12,14H,1H2,2H3/q+1. The van der Waals surface area contributed by atoms with Crippen LogP contribution in [0.1, 0.15) is 13.1 Å². The Hall–Kier alpha value is -2.03. The first kappa shape index (κ1) is 10.5. The molecule has 3 heteroatoms. The number of aromatic nitrogens is 2. The van der Waals surface area contributed by atoms with Crippen molar-refractivity contribution in [1.29, 1.82) is 0 Å². The second kappa shape index (κ2) is 4.66. The molecule has 2 aromatic rings. The minimum atomic E-state index is 0.212. The Morgan fingerprint density at radius 1 is 1.38 bits per heavy atom. The van der Waals surface area contributed by atoms with Crippen LogP contribution in [-0.4, -0.2) is 4.57 Å². The average molecular weight is 214 g/mol. The van der Waals surface area contributed by atoms with Gasteiger partial charge in [0.25, 0.3) is 0 Å². The second-order valence-electron chi connectivity index (χ2n) is 3.68. The molecule has 0 saturated carbocycles. The topological polar surface area (TPSA) is 20.8 Å². The summed E-state index contributed by atoms with van der Waals surface area (Å²) >= 11 is 0. The minimum Gasteiger partial charge on any atom is -0.347 e. The molecule has 0 bridgehead atoms. The SMILES string of the molecule is C=Cn1cc[n+](C(C)Nc2ccccc2)c1. The lowest BCUT2D eigenvalue weighted by atomic mass is 10.3. The predicted molar refractivity (Wildman–Crippen MR) is 65.8 cm³/mol. The molecule has 1 aromatic heterocycles. The molecule has 16 heavy (non-hydrogen) atoms. The van der Waals surface area contributed by atoms with Crippen LogP contribution in [0.15, 0.2) is 55.6 Å². The van der Waals surface area contributed by atoms with Crippen molar-refractivity contribution in [2.45, 2.75) is 13.1 Å². The quantitative estimate of drug-likeness (QED) is 0.776. The zero-order valence-corrected chi connectivity index (χ0v) is 9.38. The van der Waals surface area contributed by atoms with Crippen LogP contribution in [0.4, 0.5) is 5.69 Å². The monoisotopic (exact) mass is 214 g/mol. The molecular formula is C13H16N3+. The number of anilines is 1. The van der Waals surface area contributed by atoms with E-state index in [0.717, 1.165) is 5.69 Å². The molecule has 0 saturated heterocycles. The summed E-state index contributed by atoms with van der Waals surface area (Å²) in [6, 6.07) is 10.2. The number of para-hydroxylation sites is 1. The molecule has 82 valence electrons. The van der Waals surface area contributed by atoms with E-state index >= 15 is 0 Å². The van der Waals surface area contributed by atoms with Crippen LogP contribution in [0.3, 0.4) is 0 Å². The Morgan fingerprint density at radius 3 is 2.75 bits per heavy atom. The fourth-order valence-electron chi connectivity index (χ4n) is 1.57. The van der Waals surface area contributed by atoms with E-state index in [1.165, 1.54) is 0 Å². The molecule has 0 amide bonds. The van der Waals surface area contributed by atoms with Crippen LogP contribution in [-0.2, 0) is 0 Å². The summed E-state index contributed by atoms with van der Waals surface area (Å²) in [5, 5.41) is 3.41. The van der Waals surface area contributed by atoms with Gasteiger partial charge in [-0.05, 0) is 19.1 Å². The summed E-state index contributed by atoms with van der Waals surface area (Å²) < 4.78 is 4.01. The molecule has 1 atom stereocenters. The van der Waals surface area contributed by atoms with Gasteiger partial charge in [0.05, 0.1) is 6.20 Å². The summed E-state index contributed by atoms with van der Waals surface area (Å²) in [4.78, 5) is 0. The highest BCUT2D eigenvalue weighted by Gasteiger charge is 2.09. The lowest BCUT2D eigenvalue weighted by Crippen LogP contribution is -2.40. The summed E-state index contributed by atoms with van der Waals surface area (Å²) in [6.07, 6.45) is 7.96. The van der Waals surface area contributed by atoms with Crippen LogP contribution in [0.5, 0.6) is 0 Å². The Bertz CT molecular complexity index is 459. The van der Waals surface area contributed by atoms with Gasteiger partial charge >= 0.3 is 0 Å². The maximum absolute atomic E-state index is 3.72. The maximum Gasteiger partial charge on any atom is 0.250 e. The van der Waals surface area contributed by atoms with E-state index in [4.69, 9.17) is 0 Å². The molecule has 0 aliphatic carbocycles. The first-order valence-corrected chi connectivity index (χ1v) is 5.32. The molecule has 1 heterocycles. The number of hydrogen-bond acceptors (Lipinski definition) is 1. The lowest BCUT2D eigenvalue weighted by Gasteiger charge is -2.11. The van der Waals surface area contributed by atoms with E-state index < -0.39 is 0 Å². The molecule has 1 aromatic carbocycles. The molecular weight excluding hydrogens is 198 g/mol. The van der Waals surface area contributed by atoms with Gasteiger partial charge in [0.1, 0.15) is 12.4 Å². The van der Waals surface area contributed by atoms with Gasteiger partial charge in [-0.2, -0.15) is 0 Å². The van der Waals surface area contributed by atoms with Crippen molar-refractivity contribution in [3.05, 3.63) is 55.6 Å². The smallest absolute Gasteiger partial charge is 0.250 e. The van der Waals surface area contributed by atoms with E-state index in [-0.39, 0.29) is 6.17 Å². The zero-order valence-electron chi connectivity index (χ0n) is 9.38. The zero-order chi connectivity index (χ0) is 11.4. The highest BCUT2D eigenvalue weighted by Crippen LogP contribution is 2.08. The van der Waals surface area contributed by atoms with E-state index in [9.17, 15) is 0 Å². The van der Waals surface area contributed by atoms with Crippen LogP contribution in [0.2, 0.25) is 0 Å². The number of benzene rings is 1. The highest BCUT2D eigenvalue weighted by molar-refractivity contribution is 5.42. The first-order valence-electron chi connectivity index (χ1n) is 5.32. The second-order valence-corrected chi connectivity index (χ2v) is 3.68. The number of nitrogens with zero attached hydrogens (tertiary/aromatic N) is 2. The van der Waals surface area contributed by atoms with Crippen LogP contribution in [0, 0.1) is 0 Å². The minimum absolute atomic E-state index is 0.212. The summed E-state index contributed by atoms with van der Waals surface area (Å²) in [7, 11) is 0. The van der Waals surface area contributed by atoms with Gasteiger partial charge in [0, 0.05) is 5.69 Å². The molecule has 0 aliphatic rings. The Morgan fingerprint density at radius 2 is 2.12 bits per heavy atom. The van der Waals surface area contributed by atoms with Crippen molar-refractivity contribution >= 4 is 11.9 Å². The van der Waals surface area contributed by atoms with Crippen molar-refractivity contribution in [2.24, 2.45) is 0 Å². The third-order valence-electron chi connectivity index (χ3n) is 2.48. The fraction of sp³-hybridized carbons (Fsp3) is 0.154. The number of imidazole rings is 1. The summed E-state index contributed by atoms with van der Waals surface area (Å²) in [5.74, 6) is 0. The third-order valence-corrected chi connectivity index (χ3v) is 2.48. The Labute approximate surface area is 95.7 Å². The fourth-order valence-corrected chi connectivity index (χ4v) is 1.57. The maximum atomic E-state index is 3.72. The first-order chi connectivity index (χ1) is 7.79. The Kier molecular flexibility index (Phi) is 3.05. The van der Waals surface area contributed by atoms with Crippen molar-refractivity contribution in [3.8, 4) is 0 Å². The summed E-state index contributed by atoms with van der Waals surface area (Å²) in [6.45, 7) is 5.83. The van der Waals surface area contributed by atoms with Crippen LogP contribution < -0.4 is 9.88 Å². The third kappa shape index (κ3) is 2.31. The van der Waals surface area contributed by atoms with Crippen molar-refractivity contribution in [1.82, 2.24) is 4.57 Å². The van der Waals surface area contributed by atoms with Gasteiger partial charge in [-0.1, -0.05) is 24.8 Å². The molecule has 0 radical (unpaired) electrons. The molecule has 1 N–H and O–H groups in total. The van der Waals surface area contributed by atoms with Crippen molar-refractivity contribution < 1.29 is 4.57 Å². The Balaban J connectivity index is 2.08. The van der Waals surface area contributed by atoms with Crippen molar-refractivity contribution in [3.63, 3.8) is 0 Å². The molecule has 1 unspecified atom stereocenters. The highest BCUT2D eigenvalue weighted by atomic mass is 15.2.